The van der Waals surface area contributed by atoms with E-state index in [1.807, 2.05) is 42.5 Å². The van der Waals surface area contributed by atoms with Gasteiger partial charge in [0.15, 0.2) is 0 Å². The van der Waals surface area contributed by atoms with Gasteiger partial charge in [0.25, 0.3) is 0 Å². The molecule has 30 heavy (non-hydrogen) atoms. The number of fused-ring (bicyclic) bond motifs is 1. The molecule has 0 fully saturated rings. The molecule has 0 amide bonds. The topological polar surface area (TPSA) is 65.5 Å². The summed E-state index contributed by atoms with van der Waals surface area (Å²) < 4.78 is 10.6. The van der Waals surface area contributed by atoms with E-state index in [1.54, 1.807) is 13.8 Å². The molecule has 0 spiro atoms. The Morgan fingerprint density at radius 2 is 1.77 bits per heavy atom. The van der Waals surface area contributed by atoms with Crippen molar-refractivity contribution >= 4 is 11.9 Å². The Hall–Kier alpha value is -3.47. The smallest absolute Gasteiger partial charge is 0.341 e. The summed E-state index contributed by atoms with van der Waals surface area (Å²) in [6.07, 6.45) is 1.62. The first-order valence-corrected chi connectivity index (χ1v) is 10.1. The second-order valence-corrected chi connectivity index (χ2v) is 7.21. The summed E-state index contributed by atoms with van der Waals surface area (Å²) in [5, 5.41) is 0. The van der Waals surface area contributed by atoms with Crippen molar-refractivity contribution in [2.24, 2.45) is 0 Å². The molecule has 3 aromatic rings. The molecule has 0 N–H and O–H groups in total. The SMILES string of the molecule is CCOC(=O)c1c(C)nc2c(c1-c1ccccc1CCc1ccccc1)C(=O)OC2. The molecule has 0 atom stereocenters. The number of nitrogens with zero attached hydrogens (tertiary/aromatic N) is 1. The van der Waals surface area contributed by atoms with Crippen LogP contribution in [0.5, 0.6) is 0 Å². The van der Waals surface area contributed by atoms with Gasteiger partial charge in [0, 0.05) is 5.56 Å². The van der Waals surface area contributed by atoms with Crippen molar-refractivity contribution in [1.82, 2.24) is 4.98 Å². The Labute approximate surface area is 175 Å². The zero-order valence-electron chi connectivity index (χ0n) is 17.1. The van der Waals surface area contributed by atoms with E-state index in [9.17, 15) is 9.59 Å². The molecule has 1 aromatic heterocycles. The molecule has 0 saturated heterocycles. The summed E-state index contributed by atoms with van der Waals surface area (Å²) in [6.45, 7) is 3.90. The van der Waals surface area contributed by atoms with Crippen LogP contribution in [0.1, 0.15) is 50.2 Å². The molecule has 0 saturated carbocycles. The predicted molar refractivity (Wildman–Crippen MR) is 113 cm³/mol. The van der Waals surface area contributed by atoms with Crippen LogP contribution < -0.4 is 0 Å². The first kappa shape index (κ1) is 19.8. The quantitative estimate of drug-likeness (QED) is 0.561. The monoisotopic (exact) mass is 401 g/mol. The van der Waals surface area contributed by atoms with E-state index >= 15 is 0 Å². The second-order valence-electron chi connectivity index (χ2n) is 7.21. The fourth-order valence-corrected chi connectivity index (χ4v) is 3.92. The predicted octanol–water partition coefficient (Wildman–Crippen LogP) is 4.69. The molecule has 0 bridgehead atoms. The van der Waals surface area contributed by atoms with E-state index < -0.39 is 11.9 Å². The third kappa shape index (κ3) is 3.71. The lowest BCUT2D eigenvalue weighted by atomic mass is 9.88. The van der Waals surface area contributed by atoms with Crippen molar-refractivity contribution in [2.45, 2.75) is 33.3 Å². The number of pyridine rings is 1. The molecule has 0 unspecified atom stereocenters. The zero-order valence-corrected chi connectivity index (χ0v) is 17.1. The molecule has 152 valence electrons. The van der Waals surface area contributed by atoms with Gasteiger partial charge in [0.1, 0.15) is 6.61 Å². The fraction of sp³-hybridized carbons (Fsp3) is 0.240. The average molecular weight is 401 g/mol. The summed E-state index contributed by atoms with van der Waals surface area (Å²) >= 11 is 0. The molecule has 2 aromatic carbocycles. The number of benzene rings is 2. The van der Waals surface area contributed by atoms with Gasteiger partial charge < -0.3 is 9.47 Å². The van der Waals surface area contributed by atoms with Gasteiger partial charge >= 0.3 is 11.9 Å². The Kier molecular flexibility index (Phi) is 5.61. The molecule has 5 nitrogen and oxygen atoms in total. The van der Waals surface area contributed by atoms with Crippen molar-refractivity contribution in [1.29, 1.82) is 0 Å². The van der Waals surface area contributed by atoms with E-state index in [1.165, 1.54) is 5.56 Å². The van der Waals surface area contributed by atoms with Gasteiger partial charge in [0.2, 0.25) is 0 Å². The minimum absolute atomic E-state index is 0.122. The largest absolute Gasteiger partial charge is 0.462 e. The van der Waals surface area contributed by atoms with E-state index in [-0.39, 0.29) is 13.2 Å². The van der Waals surface area contributed by atoms with Gasteiger partial charge in [-0.1, -0.05) is 54.6 Å². The van der Waals surface area contributed by atoms with Crippen LogP contribution in [0.25, 0.3) is 11.1 Å². The first-order chi connectivity index (χ1) is 14.6. The third-order valence-corrected chi connectivity index (χ3v) is 5.29. The Balaban J connectivity index is 1.86. The van der Waals surface area contributed by atoms with Gasteiger partial charge in [-0.25, -0.2) is 9.59 Å². The molecule has 1 aliphatic heterocycles. The number of cyclic esters (lactones) is 1. The van der Waals surface area contributed by atoms with Gasteiger partial charge in [-0.15, -0.1) is 0 Å². The van der Waals surface area contributed by atoms with E-state index in [2.05, 4.69) is 17.1 Å². The number of esters is 2. The molecular formula is C25H23NO4. The Bertz CT molecular complexity index is 1110. The highest BCUT2D eigenvalue weighted by molar-refractivity contribution is 6.08. The highest BCUT2D eigenvalue weighted by Gasteiger charge is 2.33. The van der Waals surface area contributed by atoms with Gasteiger partial charge in [-0.05, 0) is 43.4 Å². The lowest BCUT2D eigenvalue weighted by molar-refractivity contribution is 0.0523. The van der Waals surface area contributed by atoms with Crippen LogP contribution in [0, 0.1) is 6.92 Å². The van der Waals surface area contributed by atoms with Crippen molar-refractivity contribution in [3.63, 3.8) is 0 Å². The molecule has 0 aliphatic carbocycles. The maximum Gasteiger partial charge on any atom is 0.341 e. The highest BCUT2D eigenvalue weighted by atomic mass is 16.5. The van der Waals surface area contributed by atoms with Crippen molar-refractivity contribution in [2.75, 3.05) is 6.61 Å². The van der Waals surface area contributed by atoms with Crippen molar-refractivity contribution < 1.29 is 19.1 Å². The van der Waals surface area contributed by atoms with E-state index in [0.29, 0.717) is 28.1 Å². The number of rotatable bonds is 6. The van der Waals surface area contributed by atoms with Gasteiger partial charge in [-0.2, -0.15) is 0 Å². The standard InChI is InChI=1S/C25H23NO4/c1-3-29-24(27)21-16(2)26-20-15-30-25(28)23(20)22(21)19-12-8-7-11-18(19)14-13-17-9-5-4-6-10-17/h4-12H,3,13-15H2,1-2H3. The lowest BCUT2D eigenvalue weighted by Gasteiger charge is -2.17. The van der Waals surface area contributed by atoms with Crippen molar-refractivity contribution in [3.8, 4) is 11.1 Å². The number of aromatic nitrogens is 1. The van der Waals surface area contributed by atoms with Crippen LogP contribution in [0.4, 0.5) is 0 Å². The molecular weight excluding hydrogens is 378 g/mol. The lowest BCUT2D eigenvalue weighted by Crippen LogP contribution is -2.14. The summed E-state index contributed by atoms with van der Waals surface area (Å²) in [7, 11) is 0. The minimum atomic E-state index is -0.474. The maximum absolute atomic E-state index is 12.8. The summed E-state index contributed by atoms with van der Waals surface area (Å²) in [6, 6.07) is 18.1. The molecule has 2 heterocycles. The summed E-state index contributed by atoms with van der Waals surface area (Å²) in [5.41, 5.74) is 5.52. The van der Waals surface area contributed by atoms with Crippen LogP contribution in [-0.2, 0) is 28.9 Å². The van der Waals surface area contributed by atoms with Crippen LogP contribution in [0.2, 0.25) is 0 Å². The van der Waals surface area contributed by atoms with E-state index in [4.69, 9.17) is 9.47 Å². The third-order valence-electron chi connectivity index (χ3n) is 5.29. The summed E-state index contributed by atoms with van der Waals surface area (Å²) in [4.78, 5) is 29.9. The highest BCUT2D eigenvalue weighted by Crippen LogP contribution is 2.37. The van der Waals surface area contributed by atoms with Gasteiger partial charge in [-0.3, -0.25) is 4.98 Å². The Morgan fingerprint density at radius 1 is 1.03 bits per heavy atom. The number of aryl methyl sites for hydroxylation is 3. The number of carbonyl (C=O) groups excluding carboxylic acids is 2. The first-order valence-electron chi connectivity index (χ1n) is 10.1. The normalized spacial score (nSPS) is 12.4. The van der Waals surface area contributed by atoms with Gasteiger partial charge in [0.05, 0.1) is 29.1 Å². The number of hydrogen-bond acceptors (Lipinski definition) is 5. The van der Waals surface area contributed by atoms with Crippen LogP contribution >= 0.6 is 0 Å². The molecule has 0 radical (unpaired) electrons. The fourth-order valence-electron chi connectivity index (χ4n) is 3.92. The maximum atomic E-state index is 12.8. The molecule has 5 heteroatoms. The second kappa shape index (κ2) is 8.49. The van der Waals surface area contributed by atoms with Crippen LogP contribution in [0.15, 0.2) is 54.6 Å². The minimum Gasteiger partial charge on any atom is -0.462 e. The number of carbonyl (C=O) groups is 2. The Morgan fingerprint density at radius 3 is 2.53 bits per heavy atom. The zero-order chi connectivity index (χ0) is 21.1. The van der Waals surface area contributed by atoms with Crippen LogP contribution in [0.3, 0.4) is 0 Å². The number of hydrogen-bond donors (Lipinski definition) is 0. The molecule has 1 aliphatic rings. The molecule has 4 rings (SSSR count). The average Bonchev–Trinajstić information content (AvgIpc) is 3.12. The van der Waals surface area contributed by atoms with Crippen LogP contribution in [-0.4, -0.2) is 23.5 Å². The van der Waals surface area contributed by atoms with E-state index in [0.717, 1.165) is 24.0 Å². The number of ether oxygens (including phenoxy) is 2. The summed E-state index contributed by atoms with van der Waals surface area (Å²) in [5.74, 6) is -0.922. The van der Waals surface area contributed by atoms with Crippen molar-refractivity contribution in [3.05, 3.63) is 88.2 Å².